The zero-order chi connectivity index (χ0) is 15.6. The molecule has 0 spiro atoms. The Morgan fingerprint density at radius 1 is 1.09 bits per heavy atom. The number of amides is 1. The number of rotatable bonds is 4. The molecular formula is C18H18N2O2. The summed E-state index contributed by atoms with van der Waals surface area (Å²) in [7, 11) is 0. The van der Waals surface area contributed by atoms with Crippen molar-refractivity contribution < 1.29 is 9.90 Å². The number of benzene rings is 2. The number of hydrogen-bond acceptors (Lipinski definition) is 2. The third kappa shape index (κ3) is 2.87. The zero-order valence-corrected chi connectivity index (χ0v) is 12.4. The molecule has 2 N–H and O–H groups in total. The minimum atomic E-state index is -1.50. The first-order valence-electron chi connectivity index (χ1n) is 7.19. The number of carbonyl (C=O) groups excluding carboxylic acids is 1. The van der Waals surface area contributed by atoms with Crippen molar-refractivity contribution >= 4 is 22.5 Å². The van der Waals surface area contributed by atoms with E-state index in [2.05, 4.69) is 5.32 Å². The predicted octanol–water partition coefficient (Wildman–Crippen LogP) is 3.03. The molecule has 112 valence electrons. The Morgan fingerprint density at radius 3 is 2.55 bits per heavy atom. The van der Waals surface area contributed by atoms with Gasteiger partial charge in [-0.1, -0.05) is 36.4 Å². The molecule has 0 fully saturated rings. The second-order valence-corrected chi connectivity index (χ2v) is 5.60. The van der Waals surface area contributed by atoms with Crippen molar-refractivity contribution in [3.05, 3.63) is 66.9 Å². The first-order chi connectivity index (χ1) is 10.6. The Balaban J connectivity index is 1.79. The fourth-order valence-corrected chi connectivity index (χ4v) is 2.47. The lowest BCUT2D eigenvalue weighted by atomic mass is 10.1. The molecule has 1 heterocycles. The third-order valence-corrected chi connectivity index (χ3v) is 3.68. The number of fused-ring (bicyclic) bond motifs is 1. The number of para-hydroxylation sites is 2. The number of carbonyl (C=O) groups is 1. The highest BCUT2D eigenvalue weighted by atomic mass is 16.3. The fraction of sp³-hybridized carbons (Fsp3) is 0.167. The van der Waals surface area contributed by atoms with Crippen molar-refractivity contribution in [2.75, 3.05) is 5.32 Å². The third-order valence-electron chi connectivity index (χ3n) is 3.68. The Morgan fingerprint density at radius 2 is 1.77 bits per heavy atom. The van der Waals surface area contributed by atoms with E-state index in [0.717, 1.165) is 10.9 Å². The molecule has 0 unspecified atom stereocenters. The van der Waals surface area contributed by atoms with Gasteiger partial charge in [-0.15, -0.1) is 0 Å². The first kappa shape index (κ1) is 14.4. The van der Waals surface area contributed by atoms with Crippen LogP contribution in [0.2, 0.25) is 0 Å². The van der Waals surface area contributed by atoms with E-state index in [1.807, 2.05) is 59.3 Å². The topological polar surface area (TPSA) is 54.3 Å². The molecule has 1 aromatic heterocycles. The molecule has 4 heteroatoms. The molecule has 22 heavy (non-hydrogen) atoms. The van der Waals surface area contributed by atoms with E-state index >= 15 is 0 Å². The van der Waals surface area contributed by atoms with Gasteiger partial charge in [-0.05, 0) is 36.6 Å². The van der Waals surface area contributed by atoms with Gasteiger partial charge in [0.05, 0.1) is 6.54 Å². The van der Waals surface area contributed by atoms with Gasteiger partial charge < -0.3 is 15.0 Å². The van der Waals surface area contributed by atoms with Gasteiger partial charge in [0.1, 0.15) is 0 Å². The Labute approximate surface area is 129 Å². The molecule has 0 bridgehead atoms. The summed E-state index contributed by atoms with van der Waals surface area (Å²) in [6.07, 6.45) is 1.88. The van der Waals surface area contributed by atoms with E-state index in [0.29, 0.717) is 5.69 Å². The molecule has 1 atom stereocenters. The van der Waals surface area contributed by atoms with E-state index in [1.54, 1.807) is 12.1 Å². The smallest absolute Gasteiger partial charge is 0.257 e. The molecular weight excluding hydrogens is 276 g/mol. The number of aliphatic hydroxyl groups is 1. The Kier molecular flexibility index (Phi) is 3.69. The summed E-state index contributed by atoms with van der Waals surface area (Å²) in [6, 6.07) is 19.0. The van der Waals surface area contributed by atoms with Crippen molar-refractivity contribution in [3.63, 3.8) is 0 Å². The number of aromatic nitrogens is 1. The summed E-state index contributed by atoms with van der Waals surface area (Å²) >= 11 is 0. The maximum atomic E-state index is 12.3. The van der Waals surface area contributed by atoms with Crippen molar-refractivity contribution in [3.8, 4) is 0 Å². The lowest BCUT2D eigenvalue weighted by Crippen LogP contribution is -2.43. The van der Waals surface area contributed by atoms with Crippen LogP contribution in [0.3, 0.4) is 0 Å². The van der Waals surface area contributed by atoms with Crippen LogP contribution in [0, 0.1) is 0 Å². The van der Waals surface area contributed by atoms with Crippen LogP contribution in [0.25, 0.3) is 10.9 Å². The number of nitrogens with zero attached hydrogens (tertiary/aromatic N) is 1. The molecule has 0 radical (unpaired) electrons. The van der Waals surface area contributed by atoms with E-state index in [-0.39, 0.29) is 6.54 Å². The highest BCUT2D eigenvalue weighted by Crippen LogP contribution is 2.19. The van der Waals surface area contributed by atoms with Crippen molar-refractivity contribution in [2.45, 2.75) is 19.1 Å². The van der Waals surface area contributed by atoms with Gasteiger partial charge in [0.15, 0.2) is 5.60 Å². The van der Waals surface area contributed by atoms with Crippen LogP contribution in [0.1, 0.15) is 6.92 Å². The predicted molar refractivity (Wildman–Crippen MR) is 87.6 cm³/mol. The van der Waals surface area contributed by atoms with Gasteiger partial charge in [-0.2, -0.15) is 0 Å². The monoisotopic (exact) mass is 294 g/mol. The molecule has 4 nitrogen and oxygen atoms in total. The molecule has 3 rings (SSSR count). The minimum Gasteiger partial charge on any atom is -0.378 e. The number of anilines is 1. The molecule has 0 saturated heterocycles. The molecule has 2 aromatic carbocycles. The van der Waals surface area contributed by atoms with Crippen LogP contribution >= 0.6 is 0 Å². The summed E-state index contributed by atoms with van der Waals surface area (Å²) in [6.45, 7) is 1.72. The Hall–Kier alpha value is -2.59. The van der Waals surface area contributed by atoms with Gasteiger partial charge >= 0.3 is 0 Å². The standard InChI is InChI=1S/C18H18N2O2/c1-18(22,17(21)19-15-8-3-2-4-9-15)13-20-12-11-14-7-5-6-10-16(14)20/h2-12,22H,13H2,1H3,(H,19,21)/t18-/m0/s1. The molecule has 1 amide bonds. The summed E-state index contributed by atoms with van der Waals surface area (Å²) in [5, 5.41) is 14.4. The largest absolute Gasteiger partial charge is 0.378 e. The number of nitrogens with one attached hydrogen (secondary N) is 1. The van der Waals surface area contributed by atoms with E-state index < -0.39 is 11.5 Å². The number of hydrogen-bond donors (Lipinski definition) is 2. The summed E-state index contributed by atoms with van der Waals surface area (Å²) in [5.74, 6) is -0.420. The molecule has 0 aliphatic carbocycles. The first-order valence-corrected chi connectivity index (χ1v) is 7.19. The normalized spacial score (nSPS) is 13.7. The SMILES string of the molecule is C[C@](O)(Cn1ccc2ccccc21)C(=O)Nc1ccccc1. The van der Waals surface area contributed by atoms with Crippen LogP contribution in [-0.4, -0.2) is 21.2 Å². The molecule has 0 saturated carbocycles. The van der Waals surface area contributed by atoms with Gasteiger partial charge in [0.2, 0.25) is 0 Å². The summed E-state index contributed by atoms with van der Waals surface area (Å²) in [5.41, 5.74) is 0.165. The van der Waals surface area contributed by atoms with Crippen LogP contribution in [0.5, 0.6) is 0 Å². The van der Waals surface area contributed by atoms with Crippen LogP contribution in [0.4, 0.5) is 5.69 Å². The fourth-order valence-electron chi connectivity index (χ4n) is 2.47. The van der Waals surface area contributed by atoms with Crippen molar-refractivity contribution in [1.82, 2.24) is 4.57 Å². The van der Waals surface area contributed by atoms with Crippen LogP contribution < -0.4 is 5.32 Å². The highest BCUT2D eigenvalue weighted by molar-refractivity contribution is 5.96. The maximum Gasteiger partial charge on any atom is 0.257 e. The maximum absolute atomic E-state index is 12.3. The zero-order valence-electron chi connectivity index (χ0n) is 12.4. The van der Waals surface area contributed by atoms with Gasteiger partial charge in [0.25, 0.3) is 5.91 Å². The Bertz CT molecular complexity index is 791. The molecule has 0 aliphatic heterocycles. The molecule has 0 aliphatic rings. The second-order valence-electron chi connectivity index (χ2n) is 5.60. The van der Waals surface area contributed by atoms with Gasteiger partial charge in [-0.25, -0.2) is 0 Å². The lowest BCUT2D eigenvalue weighted by molar-refractivity contribution is -0.133. The summed E-state index contributed by atoms with van der Waals surface area (Å²) < 4.78 is 1.89. The summed E-state index contributed by atoms with van der Waals surface area (Å²) in [4.78, 5) is 12.3. The van der Waals surface area contributed by atoms with E-state index in [9.17, 15) is 9.90 Å². The van der Waals surface area contributed by atoms with E-state index in [1.165, 1.54) is 6.92 Å². The van der Waals surface area contributed by atoms with Gasteiger partial charge in [-0.3, -0.25) is 4.79 Å². The molecule has 3 aromatic rings. The lowest BCUT2D eigenvalue weighted by Gasteiger charge is -2.23. The van der Waals surface area contributed by atoms with Crippen LogP contribution in [-0.2, 0) is 11.3 Å². The van der Waals surface area contributed by atoms with Crippen LogP contribution in [0.15, 0.2) is 66.9 Å². The average Bonchev–Trinajstić information content (AvgIpc) is 2.91. The average molecular weight is 294 g/mol. The van der Waals surface area contributed by atoms with Gasteiger partial charge in [0, 0.05) is 17.4 Å². The quantitative estimate of drug-likeness (QED) is 0.777. The second kappa shape index (κ2) is 5.66. The van der Waals surface area contributed by atoms with Crippen molar-refractivity contribution in [2.24, 2.45) is 0 Å². The van der Waals surface area contributed by atoms with Crippen molar-refractivity contribution in [1.29, 1.82) is 0 Å². The highest BCUT2D eigenvalue weighted by Gasteiger charge is 2.31. The minimum absolute atomic E-state index is 0.194. The van der Waals surface area contributed by atoms with E-state index in [4.69, 9.17) is 0 Å².